The monoisotopic (exact) mass is 231 g/mol. The second-order valence-electron chi connectivity index (χ2n) is 4.18. The molecule has 0 radical (unpaired) electrons. The molecular formula is C14H17NO2. The minimum atomic E-state index is 0.136. The molecule has 0 spiro atoms. The van der Waals surface area contributed by atoms with Gasteiger partial charge in [0.05, 0.1) is 12.1 Å². The molecule has 17 heavy (non-hydrogen) atoms. The molecular weight excluding hydrogens is 214 g/mol. The summed E-state index contributed by atoms with van der Waals surface area (Å²) in [7, 11) is 1.66. The number of fused-ring (bicyclic) bond motifs is 1. The molecule has 0 saturated carbocycles. The number of pyridine rings is 1. The molecule has 90 valence electrons. The molecule has 2 rings (SSSR count). The first kappa shape index (κ1) is 11.9. The van der Waals surface area contributed by atoms with Gasteiger partial charge in [0.25, 0.3) is 0 Å². The van der Waals surface area contributed by atoms with Gasteiger partial charge in [-0.15, -0.1) is 0 Å². The fraction of sp³-hybridized carbons (Fsp3) is 0.357. The summed E-state index contributed by atoms with van der Waals surface area (Å²) in [6, 6.07) is 5.75. The SMILES string of the molecule is CCc1c(C)[nH]c2c(COC)cccc2c1=O. The topological polar surface area (TPSA) is 42.1 Å². The fourth-order valence-electron chi connectivity index (χ4n) is 2.23. The van der Waals surface area contributed by atoms with Crippen LogP contribution in [0.2, 0.25) is 0 Å². The van der Waals surface area contributed by atoms with Crippen molar-refractivity contribution in [3.05, 3.63) is 45.2 Å². The zero-order valence-corrected chi connectivity index (χ0v) is 10.5. The molecule has 0 atom stereocenters. The van der Waals surface area contributed by atoms with Gasteiger partial charge in [-0.05, 0) is 19.4 Å². The van der Waals surface area contributed by atoms with Crippen LogP contribution in [0, 0.1) is 6.92 Å². The van der Waals surface area contributed by atoms with Gasteiger partial charge in [-0.3, -0.25) is 4.79 Å². The minimum Gasteiger partial charge on any atom is -0.380 e. The van der Waals surface area contributed by atoms with Crippen molar-refractivity contribution in [1.29, 1.82) is 0 Å². The van der Waals surface area contributed by atoms with E-state index in [1.165, 1.54) is 0 Å². The number of para-hydroxylation sites is 1. The summed E-state index contributed by atoms with van der Waals surface area (Å²) in [4.78, 5) is 15.6. The molecule has 0 aliphatic heterocycles. The third-order valence-electron chi connectivity index (χ3n) is 3.09. The lowest BCUT2D eigenvalue weighted by Gasteiger charge is -2.09. The van der Waals surface area contributed by atoms with Crippen LogP contribution < -0.4 is 5.43 Å². The van der Waals surface area contributed by atoms with Gasteiger partial charge in [0.2, 0.25) is 0 Å². The number of methoxy groups -OCH3 is 1. The number of aromatic amines is 1. The summed E-state index contributed by atoms with van der Waals surface area (Å²) in [6.45, 7) is 4.46. The second kappa shape index (κ2) is 4.72. The van der Waals surface area contributed by atoms with Crippen LogP contribution in [0.5, 0.6) is 0 Å². The van der Waals surface area contributed by atoms with E-state index in [4.69, 9.17) is 4.74 Å². The molecule has 3 heteroatoms. The van der Waals surface area contributed by atoms with Crippen molar-refractivity contribution in [2.75, 3.05) is 7.11 Å². The van der Waals surface area contributed by atoms with Crippen LogP contribution in [-0.2, 0) is 17.8 Å². The Labute approximate surface area is 100 Å². The average molecular weight is 231 g/mol. The van der Waals surface area contributed by atoms with Crippen LogP contribution in [0.1, 0.15) is 23.7 Å². The maximum Gasteiger partial charge on any atom is 0.192 e. The number of nitrogens with one attached hydrogen (secondary N) is 1. The number of H-pyrrole nitrogens is 1. The second-order valence-corrected chi connectivity index (χ2v) is 4.18. The quantitative estimate of drug-likeness (QED) is 0.882. The van der Waals surface area contributed by atoms with Gasteiger partial charge in [0, 0.05) is 29.3 Å². The Kier molecular flexibility index (Phi) is 3.29. The summed E-state index contributed by atoms with van der Waals surface area (Å²) < 4.78 is 5.15. The molecule has 2 aromatic rings. The third-order valence-corrected chi connectivity index (χ3v) is 3.09. The van der Waals surface area contributed by atoms with Crippen LogP contribution in [0.3, 0.4) is 0 Å². The predicted octanol–water partition coefficient (Wildman–Crippen LogP) is 2.55. The van der Waals surface area contributed by atoms with E-state index in [2.05, 4.69) is 4.98 Å². The lowest BCUT2D eigenvalue weighted by molar-refractivity contribution is 0.186. The molecule has 0 bridgehead atoms. The number of benzene rings is 1. The summed E-state index contributed by atoms with van der Waals surface area (Å²) in [5, 5.41) is 0.752. The lowest BCUT2D eigenvalue weighted by Crippen LogP contribution is -2.13. The van der Waals surface area contributed by atoms with E-state index in [1.54, 1.807) is 7.11 Å². The highest BCUT2D eigenvalue weighted by Crippen LogP contribution is 2.17. The minimum absolute atomic E-state index is 0.136. The van der Waals surface area contributed by atoms with Gasteiger partial charge < -0.3 is 9.72 Å². The highest BCUT2D eigenvalue weighted by Gasteiger charge is 2.09. The van der Waals surface area contributed by atoms with Gasteiger partial charge >= 0.3 is 0 Å². The van der Waals surface area contributed by atoms with Crippen molar-refractivity contribution >= 4 is 10.9 Å². The number of ether oxygens (including phenoxy) is 1. The van der Waals surface area contributed by atoms with Crippen LogP contribution >= 0.6 is 0 Å². The van der Waals surface area contributed by atoms with Crippen molar-refractivity contribution in [2.24, 2.45) is 0 Å². The molecule has 1 N–H and O–H groups in total. The molecule has 0 saturated heterocycles. The maximum atomic E-state index is 12.3. The molecule has 1 aromatic carbocycles. The maximum absolute atomic E-state index is 12.3. The Balaban J connectivity index is 2.81. The predicted molar refractivity (Wildman–Crippen MR) is 69.4 cm³/mol. The highest BCUT2D eigenvalue weighted by atomic mass is 16.5. The van der Waals surface area contributed by atoms with Crippen LogP contribution in [-0.4, -0.2) is 12.1 Å². The largest absolute Gasteiger partial charge is 0.380 e. The van der Waals surface area contributed by atoms with Crippen LogP contribution in [0.25, 0.3) is 10.9 Å². The molecule has 0 aliphatic rings. The zero-order chi connectivity index (χ0) is 12.4. The first-order valence-corrected chi connectivity index (χ1v) is 5.81. The van der Waals surface area contributed by atoms with Gasteiger partial charge in [-0.2, -0.15) is 0 Å². The molecule has 1 heterocycles. The van der Waals surface area contributed by atoms with Crippen molar-refractivity contribution in [3.63, 3.8) is 0 Å². The van der Waals surface area contributed by atoms with E-state index in [0.29, 0.717) is 6.61 Å². The smallest absolute Gasteiger partial charge is 0.192 e. The van der Waals surface area contributed by atoms with E-state index in [0.717, 1.165) is 34.1 Å². The highest BCUT2D eigenvalue weighted by molar-refractivity contribution is 5.82. The van der Waals surface area contributed by atoms with Crippen LogP contribution in [0.15, 0.2) is 23.0 Å². The number of hydrogen-bond donors (Lipinski definition) is 1. The Hall–Kier alpha value is -1.61. The van der Waals surface area contributed by atoms with E-state index in [1.807, 2.05) is 32.0 Å². The van der Waals surface area contributed by atoms with E-state index >= 15 is 0 Å². The van der Waals surface area contributed by atoms with Crippen molar-refractivity contribution in [2.45, 2.75) is 26.9 Å². The average Bonchev–Trinajstić information content (AvgIpc) is 2.31. The van der Waals surface area contributed by atoms with Crippen LogP contribution in [0.4, 0.5) is 0 Å². The van der Waals surface area contributed by atoms with Gasteiger partial charge in [0.15, 0.2) is 5.43 Å². The fourth-order valence-corrected chi connectivity index (χ4v) is 2.23. The Bertz CT molecular complexity index is 599. The molecule has 0 aliphatic carbocycles. The van der Waals surface area contributed by atoms with Crippen molar-refractivity contribution in [3.8, 4) is 0 Å². The molecule has 1 aromatic heterocycles. The zero-order valence-electron chi connectivity index (χ0n) is 10.5. The summed E-state index contributed by atoms with van der Waals surface area (Å²) in [5.74, 6) is 0. The standard InChI is InChI=1S/C14H17NO2/c1-4-11-9(2)15-13-10(8-17-3)6-5-7-12(13)14(11)16/h5-7H,4,8H2,1-3H3,(H,15,16). The summed E-state index contributed by atoms with van der Waals surface area (Å²) in [5.41, 5.74) is 3.87. The first-order valence-electron chi connectivity index (χ1n) is 5.81. The van der Waals surface area contributed by atoms with Gasteiger partial charge in [-0.1, -0.05) is 19.1 Å². The number of rotatable bonds is 3. The summed E-state index contributed by atoms with van der Waals surface area (Å²) in [6.07, 6.45) is 0.756. The van der Waals surface area contributed by atoms with Gasteiger partial charge in [0.1, 0.15) is 0 Å². The van der Waals surface area contributed by atoms with E-state index in [9.17, 15) is 4.79 Å². The normalized spacial score (nSPS) is 11.0. The molecule has 3 nitrogen and oxygen atoms in total. The molecule has 0 unspecified atom stereocenters. The van der Waals surface area contributed by atoms with E-state index < -0.39 is 0 Å². The molecule has 0 fully saturated rings. The Morgan fingerprint density at radius 1 is 1.35 bits per heavy atom. The number of aromatic nitrogens is 1. The molecule has 0 amide bonds. The third kappa shape index (κ3) is 1.98. The van der Waals surface area contributed by atoms with E-state index in [-0.39, 0.29) is 5.43 Å². The van der Waals surface area contributed by atoms with Gasteiger partial charge in [-0.25, -0.2) is 0 Å². The first-order chi connectivity index (χ1) is 8.19. The van der Waals surface area contributed by atoms with Crippen molar-refractivity contribution in [1.82, 2.24) is 4.98 Å². The lowest BCUT2D eigenvalue weighted by atomic mass is 10.0. The van der Waals surface area contributed by atoms with Crippen molar-refractivity contribution < 1.29 is 4.74 Å². The summed E-state index contributed by atoms with van der Waals surface area (Å²) >= 11 is 0. The number of hydrogen-bond acceptors (Lipinski definition) is 2. The Morgan fingerprint density at radius 2 is 2.12 bits per heavy atom. The Morgan fingerprint density at radius 3 is 2.76 bits per heavy atom. The number of aryl methyl sites for hydroxylation is 1.